The lowest BCUT2D eigenvalue weighted by molar-refractivity contribution is 0.289. The third-order valence-corrected chi connectivity index (χ3v) is 3.16. The highest BCUT2D eigenvalue weighted by molar-refractivity contribution is 6.64. The summed E-state index contributed by atoms with van der Waals surface area (Å²) in [5.74, 6) is 3.07. The molecule has 0 amide bonds. The first-order chi connectivity index (χ1) is 10.2. The van der Waals surface area contributed by atoms with Crippen LogP contribution >= 0.6 is 0 Å². The lowest BCUT2D eigenvalue weighted by Gasteiger charge is -2.20. The summed E-state index contributed by atoms with van der Waals surface area (Å²) < 4.78 is 5.78. The number of nitrogens with zero attached hydrogens (tertiary/aromatic N) is 2. The number of fused-ring (bicyclic) bond motifs is 1. The fourth-order valence-electron chi connectivity index (χ4n) is 2.14. The number of rotatable bonds is 1. The van der Waals surface area contributed by atoms with Gasteiger partial charge in [-0.2, -0.15) is 0 Å². The zero-order chi connectivity index (χ0) is 15.1. The van der Waals surface area contributed by atoms with Crippen molar-refractivity contribution >= 4 is 6.71 Å². The second kappa shape index (κ2) is 7.49. The highest BCUT2D eigenvalue weighted by Gasteiger charge is 2.14. The van der Waals surface area contributed by atoms with Crippen LogP contribution in [-0.2, 0) is 6.42 Å². The van der Waals surface area contributed by atoms with E-state index in [1.807, 2.05) is 31.9 Å². The van der Waals surface area contributed by atoms with Crippen LogP contribution in [0.1, 0.15) is 12.0 Å². The number of nitriles is 1. The second-order valence-electron chi connectivity index (χ2n) is 5.27. The number of aryl methyl sites for hydroxylation is 1. The molecule has 0 fully saturated rings. The summed E-state index contributed by atoms with van der Waals surface area (Å²) >= 11 is 0. The maximum absolute atomic E-state index is 7.89. The van der Waals surface area contributed by atoms with Crippen LogP contribution in [0.4, 0.5) is 0 Å². The van der Waals surface area contributed by atoms with Crippen molar-refractivity contribution in [2.75, 3.05) is 6.61 Å². The molecule has 3 nitrogen and oxygen atoms in total. The molecule has 2 heterocycles. The van der Waals surface area contributed by atoms with E-state index in [0.717, 1.165) is 36.3 Å². The summed E-state index contributed by atoms with van der Waals surface area (Å²) in [5.41, 5.74) is 3.60. The molecule has 1 aliphatic rings. The van der Waals surface area contributed by atoms with Gasteiger partial charge in [-0.1, -0.05) is 37.9 Å². The molecule has 0 atom stereocenters. The molecule has 4 heteroatoms. The standard InChI is InChI=1S/C14H13NO.C3H6BN/c1-4-11-6-3-9-16-14(11)13(7-1)12-5-2-8-15-10-12;1-4(2)3-5/h1-2,4-5,7-8,10H,3,6,9H2;1-2H3. The highest BCUT2D eigenvalue weighted by Crippen LogP contribution is 2.35. The Kier molecular flexibility index (Phi) is 5.39. The summed E-state index contributed by atoms with van der Waals surface area (Å²) in [5, 5.41) is 7.89. The predicted molar refractivity (Wildman–Crippen MR) is 86.6 cm³/mol. The molecule has 0 saturated carbocycles. The quantitative estimate of drug-likeness (QED) is 0.744. The van der Waals surface area contributed by atoms with E-state index in [1.54, 1.807) is 6.20 Å². The average molecular weight is 278 g/mol. The number of hydrogen-bond acceptors (Lipinski definition) is 3. The van der Waals surface area contributed by atoms with Crippen molar-refractivity contribution in [3.8, 4) is 22.8 Å². The molecule has 0 spiro atoms. The zero-order valence-electron chi connectivity index (χ0n) is 12.5. The molecule has 0 aliphatic carbocycles. The van der Waals surface area contributed by atoms with Crippen molar-refractivity contribution in [1.82, 2.24) is 4.98 Å². The van der Waals surface area contributed by atoms with Gasteiger partial charge in [-0.05, 0) is 24.5 Å². The van der Waals surface area contributed by atoms with E-state index >= 15 is 0 Å². The van der Waals surface area contributed by atoms with E-state index in [2.05, 4.69) is 29.2 Å². The van der Waals surface area contributed by atoms with Gasteiger partial charge in [0.1, 0.15) is 5.75 Å². The fourth-order valence-corrected chi connectivity index (χ4v) is 2.14. The van der Waals surface area contributed by atoms with Gasteiger partial charge < -0.3 is 4.74 Å². The van der Waals surface area contributed by atoms with Gasteiger partial charge in [0.05, 0.1) is 6.61 Å². The van der Waals surface area contributed by atoms with Crippen LogP contribution in [0.25, 0.3) is 11.1 Å². The minimum atomic E-state index is 0.190. The van der Waals surface area contributed by atoms with Crippen LogP contribution in [0, 0.1) is 11.2 Å². The predicted octanol–water partition coefficient (Wildman–Crippen LogP) is 3.88. The van der Waals surface area contributed by atoms with Crippen LogP contribution in [-0.4, -0.2) is 18.3 Å². The molecular formula is C17H19BN2O. The Labute approximate surface area is 126 Å². The molecule has 0 unspecified atom stereocenters. The summed E-state index contributed by atoms with van der Waals surface area (Å²) in [6, 6.07) is 10.4. The van der Waals surface area contributed by atoms with Crippen LogP contribution in [0.5, 0.6) is 5.75 Å². The number of ether oxygens (including phenoxy) is 1. The van der Waals surface area contributed by atoms with Crippen LogP contribution in [0.15, 0.2) is 42.7 Å². The van der Waals surface area contributed by atoms with Crippen molar-refractivity contribution in [3.63, 3.8) is 0 Å². The first-order valence-corrected chi connectivity index (χ1v) is 7.27. The minimum absolute atomic E-state index is 0.190. The highest BCUT2D eigenvalue weighted by atomic mass is 16.5. The normalized spacial score (nSPS) is 12.0. The molecule has 0 bridgehead atoms. The SMILES string of the molecule is CB(C)C#N.c1cncc(-c2cccc3c2OCCC3)c1. The molecule has 1 aliphatic heterocycles. The third-order valence-electron chi connectivity index (χ3n) is 3.16. The van der Waals surface area contributed by atoms with Gasteiger partial charge in [0.2, 0.25) is 0 Å². The van der Waals surface area contributed by atoms with E-state index in [-0.39, 0.29) is 6.71 Å². The minimum Gasteiger partial charge on any atom is -0.493 e. The van der Waals surface area contributed by atoms with E-state index in [9.17, 15) is 0 Å². The van der Waals surface area contributed by atoms with Crippen LogP contribution in [0.3, 0.4) is 0 Å². The van der Waals surface area contributed by atoms with Gasteiger partial charge in [-0.15, -0.1) is 0 Å². The van der Waals surface area contributed by atoms with Crippen LogP contribution < -0.4 is 4.74 Å². The Balaban J connectivity index is 0.000000282. The molecule has 106 valence electrons. The fraction of sp³-hybridized carbons (Fsp3) is 0.294. The Morgan fingerprint density at radius 3 is 2.71 bits per heavy atom. The van der Waals surface area contributed by atoms with E-state index in [1.165, 1.54) is 5.56 Å². The Hall–Kier alpha value is -2.28. The summed E-state index contributed by atoms with van der Waals surface area (Å²) in [7, 11) is 0. The van der Waals surface area contributed by atoms with Crippen LogP contribution in [0.2, 0.25) is 13.6 Å². The first-order valence-electron chi connectivity index (χ1n) is 7.27. The van der Waals surface area contributed by atoms with Crippen molar-refractivity contribution in [2.45, 2.75) is 26.5 Å². The third kappa shape index (κ3) is 4.09. The monoisotopic (exact) mass is 278 g/mol. The molecule has 1 aromatic carbocycles. The average Bonchev–Trinajstić information content (AvgIpc) is 2.55. The van der Waals surface area contributed by atoms with Gasteiger partial charge in [-0.25, -0.2) is 5.26 Å². The van der Waals surface area contributed by atoms with Gasteiger partial charge in [-0.3, -0.25) is 4.98 Å². The number of pyridine rings is 1. The molecule has 0 saturated heterocycles. The Bertz CT molecular complexity index is 620. The van der Waals surface area contributed by atoms with Crippen molar-refractivity contribution in [3.05, 3.63) is 48.3 Å². The second-order valence-corrected chi connectivity index (χ2v) is 5.27. The molecular weight excluding hydrogens is 259 g/mol. The van der Waals surface area contributed by atoms with Gasteiger partial charge in [0.25, 0.3) is 6.71 Å². The summed E-state index contributed by atoms with van der Waals surface area (Å²) in [6.45, 7) is 4.74. The zero-order valence-corrected chi connectivity index (χ0v) is 12.5. The van der Waals surface area contributed by atoms with E-state index < -0.39 is 0 Å². The topological polar surface area (TPSA) is 45.9 Å². The molecule has 0 N–H and O–H groups in total. The number of para-hydroxylation sites is 1. The molecule has 21 heavy (non-hydrogen) atoms. The number of hydrogen-bond donors (Lipinski definition) is 0. The summed E-state index contributed by atoms with van der Waals surface area (Å²) in [6.07, 6.45) is 5.90. The largest absolute Gasteiger partial charge is 0.493 e. The van der Waals surface area contributed by atoms with Crippen molar-refractivity contribution < 1.29 is 4.74 Å². The number of benzene rings is 1. The lowest BCUT2D eigenvalue weighted by atomic mass is 9.57. The summed E-state index contributed by atoms with van der Waals surface area (Å²) in [4.78, 5) is 4.15. The molecule has 2 aromatic rings. The van der Waals surface area contributed by atoms with Crippen molar-refractivity contribution in [2.24, 2.45) is 0 Å². The Morgan fingerprint density at radius 1 is 1.24 bits per heavy atom. The lowest BCUT2D eigenvalue weighted by Crippen LogP contribution is -2.09. The maximum Gasteiger partial charge on any atom is 0.261 e. The van der Waals surface area contributed by atoms with Gasteiger partial charge in [0, 0.05) is 29.5 Å². The molecule has 3 rings (SSSR count). The van der Waals surface area contributed by atoms with E-state index in [4.69, 9.17) is 10.00 Å². The van der Waals surface area contributed by atoms with Gasteiger partial charge in [0.15, 0.2) is 0 Å². The maximum atomic E-state index is 7.89. The van der Waals surface area contributed by atoms with Gasteiger partial charge >= 0.3 is 0 Å². The number of aromatic nitrogens is 1. The molecule has 0 radical (unpaired) electrons. The smallest absolute Gasteiger partial charge is 0.261 e. The van der Waals surface area contributed by atoms with Crippen molar-refractivity contribution in [1.29, 1.82) is 5.26 Å². The molecule has 1 aromatic heterocycles. The van der Waals surface area contributed by atoms with E-state index in [0.29, 0.717) is 0 Å². The Morgan fingerprint density at radius 2 is 2.05 bits per heavy atom. The first kappa shape index (κ1) is 15.1.